The minimum Gasteiger partial charge on any atom is -0.478 e. The summed E-state index contributed by atoms with van der Waals surface area (Å²) in [7, 11) is 1.84. The Hall–Kier alpha value is -1.89. The van der Waals surface area contributed by atoms with E-state index in [1.165, 1.54) is 0 Å². The van der Waals surface area contributed by atoms with E-state index in [0.29, 0.717) is 17.2 Å². The summed E-state index contributed by atoms with van der Waals surface area (Å²) in [6.45, 7) is 2.23. The summed E-state index contributed by atoms with van der Waals surface area (Å²) in [5.41, 5.74) is 1.78. The second-order valence-corrected chi connectivity index (χ2v) is 4.43. The Kier molecular flexibility index (Phi) is 3.10. The van der Waals surface area contributed by atoms with Crippen LogP contribution in [0.2, 0.25) is 0 Å². The fourth-order valence-electron chi connectivity index (χ4n) is 1.49. The molecule has 0 saturated carbocycles. The number of carbonyl (C=O) groups is 1. The van der Waals surface area contributed by atoms with Gasteiger partial charge in [0.15, 0.2) is 0 Å². The zero-order valence-electron chi connectivity index (χ0n) is 9.47. The van der Waals surface area contributed by atoms with Gasteiger partial charge in [-0.05, 0) is 18.5 Å². The first-order chi connectivity index (χ1) is 8.08. The van der Waals surface area contributed by atoms with Crippen LogP contribution >= 0.6 is 11.5 Å². The molecule has 0 fully saturated rings. The molecule has 0 amide bonds. The average molecular weight is 252 g/mol. The molecule has 2 heterocycles. The van der Waals surface area contributed by atoms with Gasteiger partial charge in [-0.3, -0.25) is 4.68 Å². The third-order valence-electron chi connectivity index (χ3n) is 2.29. The monoisotopic (exact) mass is 252 g/mol. The van der Waals surface area contributed by atoms with Crippen molar-refractivity contribution >= 4 is 22.5 Å². The Morgan fingerprint density at radius 3 is 3.00 bits per heavy atom. The summed E-state index contributed by atoms with van der Waals surface area (Å²) < 4.78 is 5.73. The molecule has 2 aromatic heterocycles. The third kappa shape index (κ3) is 2.44. The van der Waals surface area contributed by atoms with Crippen LogP contribution in [-0.2, 0) is 13.6 Å². The van der Waals surface area contributed by atoms with E-state index in [2.05, 4.69) is 14.8 Å². The maximum Gasteiger partial charge on any atom is 0.340 e. The molecule has 0 spiro atoms. The molecule has 17 heavy (non-hydrogen) atoms. The predicted octanol–water partition coefficient (Wildman–Crippen LogP) is 1.50. The van der Waals surface area contributed by atoms with Crippen molar-refractivity contribution in [2.45, 2.75) is 13.5 Å². The van der Waals surface area contributed by atoms with Gasteiger partial charge in [0.1, 0.15) is 10.6 Å². The van der Waals surface area contributed by atoms with Crippen LogP contribution in [0.1, 0.15) is 21.6 Å². The van der Waals surface area contributed by atoms with Gasteiger partial charge in [0.05, 0.1) is 11.9 Å². The first-order valence-corrected chi connectivity index (χ1v) is 5.76. The van der Waals surface area contributed by atoms with E-state index >= 15 is 0 Å². The first-order valence-electron chi connectivity index (χ1n) is 4.99. The lowest BCUT2D eigenvalue weighted by molar-refractivity contribution is 0.0697. The number of anilines is 1. The lowest BCUT2D eigenvalue weighted by atomic mass is 10.2. The lowest BCUT2D eigenvalue weighted by Gasteiger charge is -2.02. The van der Waals surface area contributed by atoms with E-state index in [1.54, 1.807) is 17.8 Å². The molecule has 7 heteroatoms. The fourth-order valence-corrected chi connectivity index (χ4v) is 2.27. The van der Waals surface area contributed by atoms with E-state index < -0.39 is 5.97 Å². The largest absolute Gasteiger partial charge is 0.478 e. The van der Waals surface area contributed by atoms with Crippen LogP contribution in [0.4, 0.5) is 5.00 Å². The smallest absolute Gasteiger partial charge is 0.340 e. The number of aryl methyl sites for hydroxylation is 2. The van der Waals surface area contributed by atoms with Crippen LogP contribution in [0.15, 0.2) is 12.4 Å². The second-order valence-electron chi connectivity index (χ2n) is 3.65. The van der Waals surface area contributed by atoms with Crippen LogP contribution in [0.3, 0.4) is 0 Å². The fraction of sp³-hybridized carbons (Fsp3) is 0.300. The van der Waals surface area contributed by atoms with Gasteiger partial charge in [0, 0.05) is 25.4 Å². The molecule has 2 rings (SSSR count). The van der Waals surface area contributed by atoms with Crippen LogP contribution in [0, 0.1) is 6.92 Å². The number of nitrogens with zero attached hydrogens (tertiary/aromatic N) is 3. The summed E-state index contributed by atoms with van der Waals surface area (Å²) in [5.74, 6) is -0.954. The molecule has 0 aliphatic carbocycles. The number of aromatic nitrogens is 3. The van der Waals surface area contributed by atoms with E-state index in [1.807, 2.05) is 13.2 Å². The number of nitrogens with one attached hydrogen (secondary N) is 1. The summed E-state index contributed by atoms with van der Waals surface area (Å²) in [6.07, 6.45) is 3.61. The number of aromatic carboxylic acids is 1. The first kappa shape index (κ1) is 11.6. The third-order valence-corrected chi connectivity index (χ3v) is 3.18. The van der Waals surface area contributed by atoms with Crippen molar-refractivity contribution in [2.75, 3.05) is 5.32 Å². The molecule has 2 aromatic rings. The van der Waals surface area contributed by atoms with Gasteiger partial charge < -0.3 is 10.4 Å². The molecular weight excluding hydrogens is 240 g/mol. The van der Waals surface area contributed by atoms with Gasteiger partial charge in [-0.15, -0.1) is 0 Å². The van der Waals surface area contributed by atoms with Crippen LogP contribution in [-0.4, -0.2) is 25.2 Å². The molecular formula is C10H12N4O2S. The molecule has 0 atom stereocenters. The van der Waals surface area contributed by atoms with Gasteiger partial charge in [-0.25, -0.2) is 4.79 Å². The standard InChI is InChI=1S/C10H12N4O2S/c1-6-8(10(15)16)9(17-13-6)11-3-7-4-12-14(2)5-7/h4-5,11H,3H2,1-2H3,(H,15,16). The highest BCUT2D eigenvalue weighted by atomic mass is 32.1. The maximum atomic E-state index is 11.0. The molecule has 0 saturated heterocycles. The van der Waals surface area contributed by atoms with E-state index in [-0.39, 0.29) is 5.56 Å². The Bertz CT molecular complexity index is 546. The number of hydrogen-bond donors (Lipinski definition) is 2. The normalized spacial score (nSPS) is 10.5. The number of hydrogen-bond acceptors (Lipinski definition) is 5. The molecule has 0 aromatic carbocycles. The van der Waals surface area contributed by atoms with E-state index in [9.17, 15) is 4.79 Å². The number of carboxylic acid groups (broad SMARTS) is 1. The quantitative estimate of drug-likeness (QED) is 0.861. The van der Waals surface area contributed by atoms with Crippen LogP contribution in [0.25, 0.3) is 0 Å². The zero-order chi connectivity index (χ0) is 12.4. The summed E-state index contributed by atoms with van der Waals surface area (Å²) in [6, 6.07) is 0. The molecule has 2 N–H and O–H groups in total. The molecule has 90 valence electrons. The van der Waals surface area contributed by atoms with E-state index in [4.69, 9.17) is 5.11 Å². The zero-order valence-corrected chi connectivity index (χ0v) is 10.3. The average Bonchev–Trinajstić information content (AvgIpc) is 2.82. The molecule has 0 unspecified atom stereocenters. The van der Waals surface area contributed by atoms with Crippen molar-refractivity contribution in [3.05, 3.63) is 29.2 Å². The molecule has 0 aliphatic rings. The van der Waals surface area contributed by atoms with Crippen molar-refractivity contribution < 1.29 is 9.90 Å². The van der Waals surface area contributed by atoms with Gasteiger partial charge >= 0.3 is 5.97 Å². The topological polar surface area (TPSA) is 80.0 Å². The highest BCUT2D eigenvalue weighted by molar-refractivity contribution is 7.10. The lowest BCUT2D eigenvalue weighted by Crippen LogP contribution is -2.04. The number of rotatable bonds is 4. The van der Waals surface area contributed by atoms with Crippen LogP contribution in [0.5, 0.6) is 0 Å². The van der Waals surface area contributed by atoms with Crippen LogP contribution < -0.4 is 5.32 Å². The van der Waals surface area contributed by atoms with Gasteiger partial charge in [0.2, 0.25) is 0 Å². The Balaban J connectivity index is 2.11. The minimum atomic E-state index is -0.954. The predicted molar refractivity (Wildman–Crippen MR) is 64.3 cm³/mol. The highest BCUT2D eigenvalue weighted by Crippen LogP contribution is 2.24. The minimum absolute atomic E-state index is 0.249. The maximum absolute atomic E-state index is 11.0. The molecule has 0 aliphatic heterocycles. The molecule has 0 radical (unpaired) electrons. The SMILES string of the molecule is Cc1nsc(NCc2cnn(C)c2)c1C(=O)O. The van der Waals surface area contributed by atoms with Crippen molar-refractivity contribution in [3.63, 3.8) is 0 Å². The van der Waals surface area contributed by atoms with Gasteiger partial charge in [-0.1, -0.05) is 0 Å². The van der Waals surface area contributed by atoms with Crippen molar-refractivity contribution in [1.29, 1.82) is 0 Å². The van der Waals surface area contributed by atoms with Crippen molar-refractivity contribution in [3.8, 4) is 0 Å². The Labute approximate surface area is 102 Å². The van der Waals surface area contributed by atoms with Crippen molar-refractivity contribution in [1.82, 2.24) is 14.2 Å². The molecule has 6 nitrogen and oxygen atoms in total. The highest BCUT2D eigenvalue weighted by Gasteiger charge is 2.17. The number of carboxylic acids is 1. The van der Waals surface area contributed by atoms with Gasteiger partial charge in [-0.2, -0.15) is 9.47 Å². The van der Waals surface area contributed by atoms with Gasteiger partial charge in [0.25, 0.3) is 0 Å². The Morgan fingerprint density at radius 2 is 2.41 bits per heavy atom. The molecule has 0 bridgehead atoms. The summed E-state index contributed by atoms with van der Waals surface area (Å²) in [4.78, 5) is 11.0. The van der Waals surface area contributed by atoms with Crippen molar-refractivity contribution in [2.24, 2.45) is 7.05 Å². The summed E-state index contributed by atoms with van der Waals surface area (Å²) >= 11 is 1.16. The second kappa shape index (κ2) is 4.54. The Morgan fingerprint density at radius 1 is 1.65 bits per heavy atom. The summed E-state index contributed by atoms with van der Waals surface area (Å²) in [5, 5.41) is 16.7. The van der Waals surface area contributed by atoms with E-state index in [0.717, 1.165) is 17.1 Å².